The van der Waals surface area contributed by atoms with E-state index in [0.717, 1.165) is 22.8 Å². The van der Waals surface area contributed by atoms with E-state index >= 15 is 0 Å². The van der Waals surface area contributed by atoms with Crippen molar-refractivity contribution < 1.29 is 0 Å². The molecule has 1 aromatic heterocycles. The Morgan fingerprint density at radius 2 is 2.00 bits per heavy atom. The van der Waals surface area contributed by atoms with Gasteiger partial charge in [-0.3, -0.25) is 4.99 Å². The smallest absolute Gasteiger partial charge is 0.191 e. The van der Waals surface area contributed by atoms with Crippen LogP contribution in [0.3, 0.4) is 0 Å². The first-order chi connectivity index (χ1) is 12.5. The lowest BCUT2D eigenvalue weighted by molar-refractivity contribution is 0.645. The average Bonchev–Trinajstić information content (AvgIpc) is 3.43. The zero-order chi connectivity index (χ0) is 18.6. The Morgan fingerprint density at radius 3 is 2.63 bits per heavy atom. The van der Waals surface area contributed by atoms with E-state index in [9.17, 15) is 0 Å². The molecule has 1 aliphatic carbocycles. The number of nitrogens with zero attached hydrogens (tertiary/aromatic N) is 3. The van der Waals surface area contributed by atoms with Crippen LogP contribution in [0.25, 0.3) is 0 Å². The second-order valence-corrected chi connectivity index (χ2v) is 7.90. The van der Waals surface area contributed by atoms with Crippen LogP contribution in [0.15, 0.2) is 52.1 Å². The van der Waals surface area contributed by atoms with Crippen LogP contribution in [0.5, 0.6) is 0 Å². The van der Waals surface area contributed by atoms with Gasteiger partial charge in [0.05, 0.1) is 0 Å². The molecule has 2 N–H and O–H groups in total. The van der Waals surface area contributed by atoms with E-state index in [1.54, 1.807) is 0 Å². The minimum absolute atomic E-state index is 0. The van der Waals surface area contributed by atoms with Gasteiger partial charge in [0.1, 0.15) is 5.82 Å². The number of rotatable bonds is 6. The molecule has 0 bridgehead atoms. The van der Waals surface area contributed by atoms with Crippen LogP contribution in [0.4, 0.5) is 5.82 Å². The molecule has 0 saturated heterocycles. The first-order valence-electron chi connectivity index (χ1n) is 8.85. The maximum Gasteiger partial charge on any atom is 0.191 e. The number of hydrogen-bond acceptors (Lipinski definition) is 3. The van der Waals surface area contributed by atoms with E-state index in [-0.39, 0.29) is 29.4 Å². The third kappa shape index (κ3) is 5.81. The Balaban J connectivity index is 0.00000261. The summed E-state index contributed by atoms with van der Waals surface area (Å²) in [6, 6.07) is 12.7. The number of anilines is 1. The number of guanidine groups is 1. The van der Waals surface area contributed by atoms with Gasteiger partial charge in [-0.05, 0) is 48.2 Å². The standard InChI is InChI=1S/C20H26BrN5.HI/c1-22-19(24-13-15-7-10-23-18(11-15)26(2)3)25-14-20(8-9-20)16-5-4-6-17(21)12-16;/h4-7,10-12H,8-9,13-14H2,1-3H3,(H2,22,24,25);1H. The van der Waals surface area contributed by atoms with Gasteiger partial charge < -0.3 is 15.5 Å². The van der Waals surface area contributed by atoms with Gasteiger partial charge in [0.2, 0.25) is 0 Å². The van der Waals surface area contributed by atoms with Crippen molar-refractivity contribution in [2.45, 2.75) is 24.8 Å². The van der Waals surface area contributed by atoms with Crippen LogP contribution < -0.4 is 15.5 Å². The molecule has 1 saturated carbocycles. The maximum atomic E-state index is 4.36. The molecular formula is C20H27BrIN5. The summed E-state index contributed by atoms with van der Waals surface area (Å²) < 4.78 is 1.14. The summed E-state index contributed by atoms with van der Waals surface area (Å²) in [6.45, 7) is 1.61. The monoisotopic (exact) mass is 543 g/mol. The molecule has 1 aromatic carbocycles. The molecule has 5 nitrogen and oxygen atoms in total. The molecule has 0 spiro atoms. The van der Waals surface area contributed by atoms with Crippen LogP contribution in [-0.2, 0) is 12.0 Å². The number of pyridine rings is 1. The second kappa shape index (κ2) is 9.73. The van der Waals surface area contributed by atoms with Crippen LogP contribution in [0.1, 0.15) is 24.0 Å². The Morgan fingerprint density at radius 1 is 1.22 bits per heavy atom. The molecule has 0 amide bonds. The predicted molar refractivity (Wildman–Crippen MR) is 127 cm³/mol. The van der Waals surface area contributed by atoms with Gasteiger partial charge in [0.15, 0.2) is 5.96 Å². The molecular weight excluding hydrogens is 517 g/mol. The van der Waals surface area contributed by atoms with Gasteiger partial charge in [0.25, 0.3) is 0 Å². The number of nitrogens with one attached hydrogen (secondary N) is 2. The van der Waals surface area contributed by atoms with Crippen molar-refractivity contribution in [3.8, 4) is 0 Å². The van der Waals surface area contributed by atoms with Crippen molar-refractivity contribution >= 4 is 51.7 Å². The van der Waals surface area contributed by atoms with Crippen molar-refractivity contribution in [2.75, 3.05) is 32.6 Å². The van der Waals surface area contributed by atoms with E-state index in [2.05, 4.69) is 66.9 Å². The molecule has 0 radical (unpaired) electrons. The van der Waals surface area contributed by atoms with Crippen LogP contribution in [-0.4, -0.2) is 38.6 Å². The highest BCUT2D eigenvalue weighted by Gasteiger charge is 2.44. The molecule has 2 aromatic rings. The van der Waals surface area contributed by atoms with Gasteiger partial charge in [-0.1, -0.05) is 28.1 Å². The Hall–Kier alpha value is -1.35. The number of aliphatic imine (C=N–C) groups is 1. The first kappa shape index (κ1) is 21.9. The highest BCUT2D eigenvalue weighted by Crippen LogP contribution is 2.48. The third-order valence-corrected chi connectivity index (χ3v) is 5.33. The zero-order valence-corrected chi connectivity index (χ0v) is 19.9. The Labute approximate surface area is 187 Å². The van der Waals surface area contributed by atoms with Crippen molar-refractivity contribution in [1.82, 2.24) is 15.6 Å². The van der Waals surface area contributed by atoms with Crippen molar-refractivity contribution in [3.05, 3.63) is 58.2 Å². The summed E-state index contributed by atoms with van der Waals surface area (Å²) in [4.78, 5) is 10.7. The molecule has 27 heavy (non-hydrogen) atoms. The molecule has 1 heterocycles. The molecule has 0 aliphatic heterocycles. The molecule has 7 heteroatoms. The van der Waals surface area contributed by atoms with Crippen molar-refractivity contribution in [1.29, 1.82) is 0 Å². The Bertz CT molecular complexity index is 789. The van der Waals surface area contributed by atoms with Crippen molar-refractivity contribution in [3.63, 3.8) is 0 Å². The lowest BCUT2D eigenvalue weighted by atomic mass is 9.96. The topological polar surface area (TPSA) is 52.6 Å². The number of hydrogen-bond donors (Lipinski definition) is 2. The first-order valence-corrected chi connectivity index (χ1v) is 9.64. The lowest BCUT2D eigenvalue weighted by Gasteiger charge is -2.19. The van der Waals surface area contributed by atoms with Crippen LogP contribution >= 0.6 is 39.9 Å². The van der Waals surface area contributed by atoms with E-state index < -0.39 is 0 Å². The summed E-state index contributed by atoms with van der Waals surface area (Å²) >= 11 is 3.58. The summed E-state index contributed by atoms with van der Waals surface area (Å²) in [6.07, 6.45) is 4.27. The summed E-state index contributed by atoms with van der Waals surface area (Å²) in [5, 5.41) is 6.89. The fourth-order valence-electron chi connectivity index (χ4n) is 3.01. The summed E-state index contributed by atoms with van der Waals surface area (Å²) in [5.41, 5.74) is 2.80. The minimum Gasteiger partial charge on any atom is -0.363 e. The zero-order valence-electron chi connectivity index (χ0n) is 16.0. The minimum atomic E-state index is 0. The van der Waals surface area contributed by atoms with Gasteiger partial charge in [0, 0.05) is 50.3 Å². The maximum absolute atomic E-state index is 4.36. The highest BCUT2D eigenvalue weighted by molar-refractivity contribution is 14.0. The number of aromatic nitrogens is 1. The Kier molecular flexibility index (Phi) is 7.91. The molecule has 146 valence electrons. The predicted octanol–water partition coefficient (Wildman–Crippen LogP) is 3.92. The number of benzene rings is 1. The largest absolute Gasteiger partial charge is 0.363 e. The summed E-state index contributed by atoms with van der Waals surface area (Å²) in [7, 11) is 5.81. The SMILES string of the molecule is CN=C(NCc1ccnc(N(C)C)c1)NCC1(c2cccc(Br)c2)CC1.I. The molecule has 3 rings (SSSR count). The van der Waals surface area contributed by atoms with Gasteiger partial charge in [-0.2, -0.15) is 0 Å². The van der Waals surface area contributed by atoms with Crippen LogP contribution in [0.2, 0.25) is 0 Å². The normalized spacial score (nSPS) is 14.9. The average molecular weight is 544 g/mol. The lowest BCUT2D eigenvalue weighted by Crippen LogP contribution is -2.40. The van der Waals surface area contributed by atoms with Gasteiger partial charge in [-0.15, -0.1) is 24.0 Å². The van der Waals surface area contributed by atoms with E-state index in [4.69, 9.17) is 0 Å². The van der Waals surface area contributed by atoms with Crippen molar-refractivity contribution in [2.24, 2.45) is 4.99 Å². The fourth-order valence-corrected chi connectivity index (χ4v) is 3.41. The number of halogens is 2. The van der Waals surface area contributed by atoms with E-state index in [1.807, 2.05) is 38.3 Å². The molecule has 0 atom stereocenters. The quantitative estimate of drug-likeness (QED) is 0.329. The van der Waals surface area contributed by atoms with E-state index in [1.165, 1.54) is 24.0 Å². The van der Waals surface area contributed by atoms with Crippen LogP contribution in [0, 0.1) is 0 Å². The third-order valence-electron chi connectivity index (χ3n) is 4.84. The molecule has 0 unspecified atom stereocenters. The van der Waals surface area contributed by atoms with E-state index in [0.29, 0.717) is 6.54 Å². The second-order valence-electron chi connectivity index (χ2n) is 6.99. The molecule has 1 aliphatic rings. The highest BCUT2D eigenvalue weighted by atomic mass is 127. The molecule has 1 fully saturated rings. The fraction of sp³-hybridized carbons (Fsp3) is 0.400. The van der Waals surface area contributed by atoms with Gasteiger partial charge >= 0.3 is 0 Å². The van der Waals surface area contributed by atoms with Gasteiger partial charge in [-0.25, -0.2) is 4.98 Å². The summed E-state index contributed by atoms with van der Waals surface area (Å²) in [5.74, 6) is 1.79.